The highest BCUT2D eigenvalue weighted by molar-refractivity contribution is 6.03. The highest BCUT2D eigenvalue weighted by Crippen LogP contribution is 2.47. The van der Waals surface area contributed by atoms with Gasteiger partial charge in [-0.2, -0.15) is 0 Å². The van der Waals surface area contributed by atoms with E-state index in [1.165, 1.54) is 13.8 Å². The maximum Gasteiger partial charge on any atom is 0.408 e. The SMILES string of the molecule is C[C@H](NC(=O)OC(C)(C)C)C(=O)N[C@@H](C)C(=O)N[C@@H](C)C(=O)C1C=CC=C2C1=C(c1ccc(N)cc1)c1ccccc1N2C. The molecule has 2 aliphatic rings. The standard InChI is InChI=1S/C34H41N5O5/c1-19(36-31(41)20(2)37-32(42)21(3)38-33(43)44-34(4,5)6)30(40)25-12-10-14-27-29(25)28(22-15-17-23(35)18-16-22)24-11-8-9-13-26(24)39(27)7/h8-21,25H,35H2,1-7H3,(H,36,41)(H,37,42)(H,38,43)/t19-,20-,21-,25?/m0/s1. The maximum absolute atomic E-state index is 14.0. The number of likely N-dealkylation sites (N-methyl/N-ethyl adjacent to an activating group) is 1. The van der Waals surface area contributed by atoms with Gasteiger partial charge in [0.15, 0.2) is 5.78 Å². The number of allylic oxidation sites excluding steroid dienone is 4. The fourth-order valence-electron chi connectivity index (χ4n) is 5.26. The van der Waals surface area contributed by atoms with Gasteiger partial charge >= 0.3 is 6.09 Å². The molecule has 1 aliphatic heterocycles. The Morgan fingerprint density at radius 3 is 2.09 bits per heavy atom. The molecule has 4 rings (SSSR count). The molecule has 2 aromatic rings. The summed E-state index contributed by atoms with van der Waals surface area (Å²) in [5.74, 6) is -1.94. The summed E-state index contributed by atoms with van der Waals surface area (Å²) in [6, 6.07) is 12.8. The van der Waals surface area contributed by atoms with Gasteiger partial charge in [0, 0.05) is 29.7 Å². The summed E-state index contributed by atoms with van der Waals surface area (Å²) in [6.07, 6.45) is 4.95. The Kier molecular flexibility index (Phi) is 9.32. The van der Waals surface area contributed by atoms with Crippen molar-refractivity contribution in [1.82, 2.24) is 16.0 Å². The van der Waals surface area contributed by atoms with Crippen LogP contribution in [-0.2, 0) is 19.1 Å². The van der Waals surface area contributed by atoms with Crippen molar-refractivity contribution in [3.8, 4) is 0 Å². The molecule has 1 aliphatic carbocycles. The first-order valence-electron chi connectivity index (χ1n) is 14.6. The number of ether oxygens (including phenoxy) is 1. The Morgan fingerprint density at radius 1 is 0.864 bits per heavy atom. The summed E-state index contributed by atoms with van der Waals surface area (Å²) in [6.45, 7) is 9.79. The molecule has 10 heteroatoms. The van der Waals surface area contributed by atoms with E-state index in [-0.39, 0.29) is 5.78 Å². The van der Waals surface area contributed by atoms with Gasteiger partial charge in [-0.15, -0.1) is 0 Å². The van der Waals surface area contributed by atoms with E-state index in [2.05, 4.69) is 20.9 Å². The number of hydrogen-bond donors (Lipinski definition) is 4. The molecule has 1 heterocycles. The van der Waals surface area contributed by atoms with E-state index in [9.17, 15) is 19.2 Å². The lowest BCUT2D eigenvalue weighted by Gasteiger charge is -2.38. The van der Waals surface area contributed by atoms with E-state index in [4.69, 9.17) is 10.5 Å². The number of nitrogens with two attached hydrogens (primary N) is 1. The predicted molar refractivity (Wildman–Crippen MR) is 171 cm³/mol. The molecule has 0 fully saturated rings. The van der Waals surface area contributed by atoms with Gasteiger partial charge in [0.25, 0.3) is 0 Å². The lowest BCUT2D eigenvalue weighted by molar-refractivity contribution is -0.131. The van der Waals surface area contributed by atoms with Crippen LogP contribution in [0.2, 0.25) is 0 Å². The van der Waals surface area contributed by atoms with E-state index < -0.39 is 47.6 Å². The molecular formula is C34H41N5O5. The molecular weight excluding hydrogens is 558 g/mol. The van der Waals surface area contributed by atoms with Gasteiger partial charge in [0.2, 0.25) is 11.8 Å². The molecule has 0 saturated carbocycles. The van der Waals surface area contributed by atoms with Crippen molar-refractivity contribution in [3.05, 3.63) is 89.2 Å². The Morgan fingerprint density at radius 2 is 1.45 bits per heavy atom. The monoisotopic (exact) mass is 599 g/mol. The van der Waals surface area contributed by atoms with Crippen LogP contribution in [0, 0.1) is 5.92 Å². The van der Waals surface area contributed by atoms with Crippen molar-refractivity contribution in [2.24, 2.45) is 5.92 Å². The van der Waals surface area contributed by atoms with Crippen molar-refractivity contribution in [2.75, 3.05) is 17.7 Å². The number of amides is 3. The zero-order valence-electron chi connectivity index (χ0n) is 26.2. The summed E-state index contributed by atoms with van der Waals surface area (Å²) in [5, 5.41) is 7.80. The number of nitrogen functional groups attached to an aromatic ring is 1. The predicted octanol–water partition coefficient (Wildman–Crippen LogP) is 4.08. The molecule has 5 N–H and O–H groups in total. The number of hydrogen-bond acceptors (Lipinski definition) is 7. The number of rotatable bonds is 8. The van der Waals surface area contributed by atoms with E-state index in [0.29, 0.717) is 5.69 Å². The van der Waals surface area contributed by atoms with Crippen molar-refractivity contribution < 1.29 is 23.9 Å². The van der Waals surface area contributed by atoms with Gasteiger partial charge in [0.05, 0.1) is 12.0 Å². The topological polar surface area (TPSA) is 143 Å². The Bertz CT molecular complexity index is 1550. The fourth-order valence-corrected chi connectivity index (χ4v) is 5.26. The van der Waals surface area contributed by atoms with E-state index >= 15 is 0 Å². The minimum absolute atomic E-state index is 0.200. The zero-order chi connectivity index (χ0) is 32.3. The third-order valence-corrected chi connectivity index (χ3v) is 7.48. The number of nitrogens with zero attached hydrogens (tertiary/aromatic N) is 1. The number of para-hydroxylation sites is 1. The second kappa shape index (κ2) is 12.8. The first-order valence-corrected chi connectivity index (χ1v) is 14.6. The number of Topliss-reactive ketones (excluding diaryl/α,β-unsaturated/α-hetero) is 1. The number of benzene rings is 2. The maximum atomic E-state index is 14.0. The van der Waals surface area contributed by atoms with Gasteiger partial charge in [-0.25, -0.2) is 4.79 Å². The fraction of sp³-hybridized carbons (Fsp3) is 0.353. The van der Waals surface area contributed by atoms with Gasteiger partial charge in [-0.3, -0.25) is 14.4 Å². The number of alkyl carbamates (subject to hydrolysis) is 1. The molecule has 3 amide bonds. The summed E-state index contributed by atoms with van der Waals surface area (Å²) in [7, 11) is 1.97. The molecule has 1 unspecified atom stereocenters. The van der Waals surface area contributed by atoms with Gasteiger partial charge < -0.3 is 31.3 Å². The van der Waals surface area contributed by atoms with Crippen LogP contribution in [0.1, 0.15) is 52.7 Å². The Balaban J connectivity index is 1.53. The summed E-state index contributed by atoms with van der Waals surface area (Å²) in [4.78, 5) is 53.8. The third kappa shape index (κ3) is 7.02. The second-order valence-corrected chi connectivity index (χ2v) is 12.1. The van der Waals surface area contributed by atoms with Crippen LogP contribution in [0.25, 0.3) is 5.57 Å². The number of fused-ring (bicyclic) bond motifs is 2. The normalized spacial score (nSPS) is 17.8. The first kappa shape index (κ1) is 32.1. The highest BCUT2D eigenvalue weighted by Gasteiger charge is 2.37. The zero-order valence-corrected chi connectivity index (χ0v) is 26.2. The molecule has 10 nitrogen and oxygen atoms in total. The Labute approximate surface area is 258 Å². The number of ketones is 1. The van der Waals surface area contributed by atoms with Crippen LogP contribution in [0.5, 0.6) is 0 Å². The molecule has 44 heavy (non-hydrogen) atoms. The third-order valence-electron chi connectivity index (χ3n) is 7.48. The van der Waals surface area contributed by atoms with Crippen molar-refractivity contribution >= 4 is 40.6 Å². The summed E-state index contributed by atoms with van der Waals surface area (Å²) >= 11 is 0. The van der Waals surface area contributed by atoms with Crippen LogP contribution < -0.4 is 26.6 Å². The number of carbonyl (C=O) groups excluding carboxylic acids is 4. The minimum atomic E-state index is -0.963. The van der Waals surface area contributed by atoms with Crippen molar-refractivity contribution in [3.63, 3.8) is 0 Å². The van der Waals surface area contributed by atoms with E-state index in [0.717, 1.165) is 33.7 Å². The largest absolute Gasteiger partial charge is 0.444 e. The number of carbonyl (C=O) groups is 4. The Hall–Kier alpha value is -4.86. The van der Waals surface area contributed by atoms with Crippen LogP contribution >= 0.6 is 0 Å². The molecule has 0 radical (unpaired) electrons. The lowest BCUT2D eigenvalue weighted by Crippen LogP contribution is -2.54. The van der Waals surface area contributed by atoms with Crippen molar-refractivity contribution in [1.29, 1.82) is 0 Å². The van der Waals surface area contributed by atoms with E-state index in [1.54, 1.807) is 27.7 Å². The van der Waals surface area contributed by atoms with E-state index in [1.807, 2.05) is 73.8 Å². The molecule has 0 aromatic heterocycles. The van der Waals surface area contributed by atoms with Crippen molar-refractivity contribution in [2.45, 2.75) is 65.3 Å². The van der Waals surface area contributed by atoms with Gasteiger partial charge in [-0.1, -0.05) is 42.5 Å². The quantitative estimate of drug-likeness (QED) is 0.335. The molecule has 2 aromatic carbocycles. The smallest absolute Gasteiger partial charge is 0.408 e. The second-order valence-electron chi connectivity index (χ2n) is 12.1. The molecule has 0 bridgehead atoms. The van der Waals surface area contributed by atoms with Crippen LogP contribution in [-0.4, -0.2) is 54.5 Å². The minimum Gasteiger partial charge on any atom is -0.444 e. The molecule has 0 spiro atoms. The molecule has 232 valence electrons. The lowest BCUT2D eigenvalue weighted by atomic mass is 9.76. The number of anilines is 2. The van der Waals surface area contributed by atoms with Crippen LogP contribution in [0.3, 0.4) is 0 Å². The number of nitrogens with one attached hydrogen (secondary N) is 3. The van der Waals surface area contributed by atoms with Crippen LogP contribution in [0.4, 0.5) is 16.2 Å². The highest BCUT2D eigenvalue weighted by atomic mass is 16.6. The average molecular weight is 600 g/mol. The average Bonchev–Trinajstić information content (AvgIpc) is 2.96. The first-order chi connectivity index (χ1) is 20.7. The summed E-state index contributed by atoms with van der Waals surface area (Å²) < 4.78 is 5.18. The van der Waals surface area contributed by atoms with Gasteiger partial charge in [-0.05, 0) is 82.5 Å². The molecule has 0 saturated heterocycles. The van der Waals surface area contributed by atoms with Crippen LogP contribution in [0.15, 0.2) is 78.0 Å². The summed E-state index contributed by atoms with van der Waals surface area (Å²) in [5.41, 5.74) is 11.5. The molecule has 4 atom stereocenters. The van der Waals surface area contributed by atoms with Gasteiger partial charge in [0.1, 0.15) is 17.7 Å².